The number of unbranched alkanes of at least 4 members (excludes halogenated alkanes) is 3. The van der Waals surface area contributed by atoms with Crippen molar-refractivity contribution in [3.8, 4) is 0 Å². The molecule has 14 heavy (non-hydrogen) atoms. The average Bonchev–Trinajstić information content (AvgIpc) is 2.45. The van der Waals surface area contributed by atoms with E-state index >= 15 is 0 Å². The van der Waals surface area contributed by atoms with Crippen LogP contribution in [0.1, 0.15) is 46.0 Å². The van der Waals surface area contributed by atoms with E-state index in [1.807, 2.05) is 19.9 Å². The van der Waals surface area contributed by atoms with E-state index in [1.54, 1.807) is 0 Å². The summed E-state index contributed by atoms with van der Waals surface area (Å²) in [7, 11) is 0. The van der Waals surface area contributed by atoms with E-state index in [9.17, 15) is 0 Å². The van der Waals surface area contributed by atoms with Crippen LogP contribution < -0.4 is 0 Å². The lowest BCUT2D eigenvalue weighted by atomic mass is 10.1. The number of hydrogen-bond donors (Lipinski definition) is 0. The summed E-state index contributed by atoms with van der Waals surface area (Å²) in [6, 6.07) is 0. The lowest BCUT2D eigenvalue weighted by Gasteiger charge is -2.16. The molecule has 0 saturated carbocycles. The molecule has 0 bridgehead atoms. The quantitative estimate of drug-likeness (QED) is 0.481. The standard InChI is InChI=1S/C12H22O2/c1-4-5-6-7-8-9-11-10-13-12(2,3)14-11/h4,11H,1,5-10H2,2-3H3/t11-/m1/s1. The van der Waals surface area contributed by atoms with Gasteiger partial charge in [-0.25, -0.2) is 0 Å². The van der Waals surface area contributed by atoms with Crippen LogP contribution in [0.4, 0.5) is 0 Å². The molecule has 2 nitrogen and oxygen atoms in total. The maximum absolute atomic E-state index is 5.71. The molecule has 82 valence electrons. The third-order valence-corrected chi connectivity index (χ3v) is 2.50. The first kappa shape index (κ1) is 11.7. The van der Waals surface area contributed by atoms with Crippen LogP contribution in [0.2, 0.25) is 0 Å². The zero-order chi connectivity index (χ0) is 10.4. The van der Waals surface area contributed by atoms with Gasteiger partial charge in [-0.15, -0.1) is 6.58 Å². The Balaban J connectivity index is 2.00. The van der Waals surface area contributed by atoms with Crippen LogP contribution in [-0.4, -0.2) is 18.5 Å². The highest BCUT2D eigenvalue weighted by Gasteiger charge is 2.31. The van der Waals surface area contributed by atoms with Gasteiger partial charge in [-0.05, 0) is 33.1 Å². The van der Waals surface area contributed by atoms with Gasteiger partial charge in [-0.2, -0.15) is 0 Å². The first-order chi connectivity index (χ1) is 6.64. The topological polar surface area (TPSA) is 18.5 Å². The van der Waals surface area contributed by atoms with Crippen molar-refractivity contribution in [2.75, 3.05) is 6.61 Å². The Kier molecular flexibility index (Phi) is 4.63. The minimum Gasteiger partial charge on any atom is -0.348 e. The van der Waals surface area contributed by atoms with E-state index in [-0.39, 0.29) is 5.79 Å². The van der Waals surface area contributed by atoms with Crippen molar-refractivity contribution in [3.05, 3.63) is 12.7 Å². The lowest BCUT2D eigenvalue weighted by Crippen LogP contribution is -2.21. The molecule has 1 aliphatic heterocycles. The van der Waals surface area contributed by atoms with Crippen molar-refractivity contribution in [1.29, 1.82) is 0 Å². The number of hydrogen-bond acceptors (Lipinski definition) is 2. The molecular formula is C12H22O2. The number of allylic oxidation sites excluding steroid dienone is 1. The molecule has 0 N–H and O–H groups in total. The van der Waals surface area contributed by atoms with Gasteiger partial charge in [0.15, 0.2) is 5.79 Å². The van der Waals surface area contributed by atoms with Gasteiger partial charge in [0, 0.05) is 0 Å². The van der Waals surface area contributed by atoms with Gasteiger partial charge in [0.2, 0.25) is 0 Å². The molecule has 0 radical (unpaired) electrons. The summed E-state index contributed by atoms with van der Waals surface area (Å²) >= 11 is 0. The van der Waals surface area contributed by atoms with Crippen LogP contribution in [0.5, 0.6) is 0 Å². The van der Waals surface area contributed by atoms with Crippen molar-refractivity contribution < 1.29 is 9.47 Å². The highest BCUT2D eigenvalue weighted by molar-refractivity contribution is 4.71. The van der Waals surface area contributed by atoms with Crippen LogP contribution in [0.3, 0.4) is 0 Å². The van der Waals surface area contributed by atoms with E-state index in [0.717, 1.165) is 19.4 Å². The number of ether oxygens (including phenoxy) is 2. The van der Waals surface area contributed by atoms with E-state index < -0.39 is 0 Å². The SMILES string of the molecule is C=CCCCCC[C@@H]1COC(C)(C)O1. The maximum atomic E-state index is 5.71. The van der Waals surface area contributed by atoms with Gasteiger partial charge < -0.3 is 9.47 Å². The highest BCUT2D eigenvalue weighted by Crippen LogP contribution is 2.25. The molecular weight excluding hydrogens is 176 g/mol. The van der Waals surface area contributed by atoms with Crippen LogP contribution in [-0.2, 0) is 9.47 Å². The van der Waals surface area contributed by atoms with Crippen LogP contribution in [0.25, 0.3) is 0 Å². The molecule has 0 aromatic rings. The monoisotopic (exact) mass is 198 g/mol. The van der Waals surface area contributed by atoms with Gasteiger partial charge >= 0.3 is 0 Å². The van der Waals surface area contributed by atoms with Crippen molar-refractivity contribution >= 4 is 0 Å². The molecule has 0 aromatic heterocycles. The Morgan fingerprint density at radius 3 is 2.71 bits per heavy atom. The molecule has 1 atom stereocenters. The molecule has 1 aliphatic rings. The summed E-state index contributed by atoms with van der Waals surface area (Å²) in [5, 5.41) is 0. The molecule has 0 aromatic carbocycles. The normalized spacial score (nSPS) is 25.1. The first-order valence-electron chi connectivity index (χ1n) is 5.57. The van der Waals surface area contributed by atoms with Gasteiger partial charge in [0.1, 0.15) is 0 Å². The number of rotatable bonds is 6. The Hall–Kier alpha value is -0.340. The first-order valence-corrected chi connectivity index (χ1v) is 5.57. The van der Waals surface area contributed by atoms with Crippen LogP contribution in [0.15, 0.2) is 12.7 Å². The van der Waals surface area contributed by atoms with E-state index in [4.69, 9.17) is 9.47 Å². The maximum Gasteiger partial charge on any atom is 0.163 e. The van der Waals surface area contributed by atoms with Crippen LogP contribution in [0, 0.1) is 0 Å². The van der Waals surface area contributed by atoms with Gasteiger partial charge in [0.25, 0.3) is 0 Å². The molecule has 0 aliphatic carbocycles. The molecule has 2 heteroatoms. The third-order valence-electron chi connectivity index (χ3n) is 2.50. The predicted octanol–water partition coefficient (Wildman–Crippen LogP) is 3.27. The lowest BCUT2D eigenvalue weighted by molar-refractivity contribution is -0.139. The fourth-order valence-corrected chi connectivity index (χ4v) is 1.74. The van der Waals surface area contributed by atoms with Crippen molar-refractivity contribution in [2.45, 2.75) is 57.8 Å². The molecule has 0 unspecified atom stereocenters. The summed E-state index contributed by atoms with van der Waals surface area (Å²) < 4.78 is 11.2. The Morgan fingerprint density at radius 2 is 2.14 bits per heavy atom. The fourth-order valence-electron chi connectivity index (χ4n) is 1.74. The van der Waals surface area contributed by atoms with Gasteiger partial charge in [-0.1, -0.05) is 18.9 Å². The Labute approximate surface area is 87.3 Å². The average molecular weight is 198 g/mol. The second kappa shape index (κ2) is 5.52. The van der Waals surface area contributed by atoms with Crippen molar-refractivity contribution in [1.82, 2.24) is 0 Å². The van der Waals surface area contributed by atoms with Crippen molar-refractivity contribution in [2.24, 2.45) is 0 Å². The van der Waals surface area contributed by atoms with Gasteiger partial charge in [0.05, 0.1) is 12.7 Å². The summed E-state index contributed by atoms with van der Waals surface area (Å²) in [6.07, 6.45) is 8.31. The summed E-state index contributed by atoms with van der Waals surface area (Å²) in [5.74, 6) is -0.355. The molecule has 0 spiro atoms. The van der Waals surface area contributed by atoms with Crippen molar-refractivity contribution in [3.63, 3.8) is 0 Å². The van der Waals surface area contributed by atoms with E-state index in [1.165, 1.54) is 19.3 Å². The molecule has 1 saturated heterocycles. The molecule has 1 heterocycles. The van der Waals surface area contributed by atoms with E-state index in [0.29, 0.717) is 6.10 Å². The zero-order valence-corrected chi connectivity index (χ0v) is 9.42. The minimum atomic E-state index is -0.355. The highest BCUT2D eigenvalue weighted by atomic mass is 16.7. The fraction of sp³-hybridized carbons (Fsp3) is 0.833. The van der Waals surface area contributed by atoms with E-state index in [2.05, 4.69) is 6.58 Å². The van der Waals surface area contributed by atoms with Gasteiger partial charge in [-0.3, -0.25) is 0 Å². The predicted molar refractivity (Wildman–Crippen MR) is 58.2 cm³/mol. The Bertz CT molecular complexity index is 175. The molecule has 1 fully saturated rings. The third kappa shape index (κ3) is 4.25. The minimum absolute atomic E-state index is 0.314. The largest absolute Gasteiger partial charge is 0.348 e. The second-order valence-electron chi connectivity index (χ2n) is 4.38. The molecule has 0 amide bonds. The Morgan fingerprint density at radius 1 is 1.36 bits per heavy atom. The summed E-state index contributed by atoms with van der Waals surface area (Å²) in [6.45, 7) is 8.42. The molecule has 1 rings (SSSR count). The summed E-state index contributed by atoms with van der Waals surface area (Å²) in [4.78, 5) is 0. The zero-order valence-electron chi connectivity index (χ0n) is 9.42. The summed E-state index contributed by atoms with van der Waals surface area (Å²) in [5.41, 5.74) is 0. The smallest absolute Gasteiger partial charge is 0.163 e. The second-order valence-corrected chi connectivity index (χ2v) is 4.38. The van der Waals surface area contributed by atoms with Crippen LogP contribution >= 0.6 is 0 Å².